The highest BCUT2D eigenvalue weighted by atomic mass is 35.5. The molecule has 0 amide bonds. The van der Waals surface area contributed by atoms with E-state index in [4.69, 9.17) is 22.1 Å². The number of thiazole rings is 1. The summed E-state index contributed by atoms with van der Waals surface area (Å²) in [6, 6.07) is 13.2. The van der Waals surface area contributed by atoms with Gasteiger partial charge in [-0.1, -0.05) is 35.1 Å². The minimum Gasteiger partial charge on any atom is -0.465 e. The third-order valence-corrected chi connectivity index (χ3v) is 3.81. The Morgan fingerprint density at radius 2 is 2.11 bits per heavy atom. The molecule has 0 bridgehead atoms. The summed E-state index contributed by atoms with van der Waals surface area (Å²) in [4.78, 5) is 4.40. The fraction of sp³-hybridized carbons (Fsp3) is 0.0714. The Balaban J connectivity index is 1.78. The molecular weight excluding hydrogens is 280 g/mol. The first-order chi connectivity index (χ1) is 9.20. The van der Waals surface area contributed by atoms with E-state index in [0.29, 0.717) is 16.8 Å². The Kier molecular flexibility index (Phi) is 3.27. The van der Waals surface area contributed by atoms with Gasteiger partial charge in [0, 0.05) is 10.7 Å². The third-order valence-electron chi connectivity index (χ3n) is 2.64. The number of halogens is 1. The van der Waals surface area contributed by atoms with Crippen molar-refractivity contribution in [2.24, 2.45) is 0 Å². The van der Waals surface area contributed by atoms with E-state index in [1.165, 1.54) is 11.3 Å². The molecule has 2 aromatic carbocycles. The van der Waals surface area contributed by atoms with E-state index in [-0.39, 0.29) is 0 Å². The van der Waals surface area contributed by atoms with Gasteiger partial charge in [-0.05, 0) is 35.9 Å². The van der Waals surface area contributed by atoms with E-state index in [2.05, 4.69) is 4.98 Å². The van der Waals surface area contributed by atoms with Crippen molar-refractivity contribution in [1.82, 2.24) is 4.98 Å². The lowest BCUT2D eigenvalue weighted by Crippen LogP contribution is -1.94. The quantitative estimate of drug-likeness (QED) is 0.738. The molecule has 0 saturated heterocycles. The summed E-state index contributed by atoms with van der Waals surface area (Å²) in [5.74, 6) is 0. The molecule has 1 aromatic heterocycles. The zero-order valence-corrected chi connectivity index (χ0v) is 11.5. The van der Waals surface area contributed by atoms with Crippen molar-refractivity contribution in [1.29, 1.82) is 0 Å². The summed E-state index contributed by atoms with van der Waals surface area (Å²) in [7, 11) is 0. The lowest BCUT2D eigenvalue weighted by Gasteiger charge is -2.02. The van der Waals surface area contributed by atoms with Crippen LogP contribution in [0.3, 0.4) is 0 Å². The van der Waals surface area contributed by atoms with Crippen molar-refractivity contribution in [2.45, 2.75) is 6.61 Å². The molecule has 3 aromatic rings. The van der Waals surface area contributed by atoms with Gasteiger partial charge in [-0.3, -0.25) is 0 Å². The molecule has 96 valence electrons. The van der Waals surface area contributed by atoms with E-state index in [0.717, 1.165) is 21.5 Å². The summed E-state index contributed by atoms with van der Waals surface area (Å²) in [6.45, 7) is 0.454. The molecule has 0 spiro atoms. The van der Waals surface area contributed by atoms with Gasteiger partial charge in [0.05, 0.1) is 10.2 Å². The number of aromatic nitrogens is 1. The predicted molar refractivity (Wildman–Crippen MR) is 79.8 cm³/mol. The fourth-order valence-electron chi connectivity index (χ4n) is 1.75. The Bertz CT molecular complexity index is 726. The first-order valence-electron chi connectivity index (χ1n) is 5.74. The fourth-order valence-corrected chi connectivity index (χ4v) is 2.83. The molecule has 0 unspecified atom stereocenters. The molecule has 0 radical (unpaired) electrons. The molecule has 3 nitrogen and oxygen atoms in total. The number of ether oxygens (including phenoxy) is 1. The number of benzene rings is 2. The van der Waals surface area contributed by atoms with Crippen LogP contribution in [0.25, 0.3) is 10.2 Å². The number of nitrogens with two attached hydrogens (primary N) is 1. The molecular formula is C14H11ClN2OS. The molecule has 3 rings (SSSR count). The molecule has 0 fully saturated rings. The lowest BCUT2D eigenvalue weighted by atomic mass is 10.2. The SMILES string of the molecule is Nc1ccc2nc(OCc3cccc(Cl)c3)sc2c1. The maximum absolute atomic E-state index is 5.93. The Hall–Kier alpha value is -1.78. The normalized spacial score (nSPS) is 10.8. The minimum atomic E-state index is 0.454. The van der Waals surface area contributed by atoms with Crippen LogP contribution in [0.4, 0.5) is 5.69 Å². The van der Waals surface area contributed by atoms with Crippen molar-refractivity contribution in [3.8, 4) is 5.19 Å². The van der Waals surface area contributed by atoms with Crippen LogP contribution in [0.2, 0.25) is 5.02 Å². The van der Waals surface area contributed by atoms with Crippen LogP contribution in [0.5, 0.6) is 5.19 Å². The molecule has 1 heterocycles. The second kappa shape index (κ2) is 5.07. The summed E-state index contributed by atoms with van der Waals surface area (Å²) in [5.41, 5.74) is 8.39. The summed E-state index contributed by atoms with van der Waals surface area (Å²) >= 11 is 7.41. The second-order valence-electron chi connectivity index (χ2n) is 4.13. The highest BCUT2D eigenvalue weighted by Gasteiger charge is 2.05. The van der Waals surface area contributed by atoms with Crippen LogP contribution >= 0.6 is 22.9 Å². The van der Waals surface area contributed by atoms with Crippen LogP contribution in [0.15, 0.2) is 42.5 Å². The van der Waals surface area contributed by atoms with Crippen molar-refractivity contribution in [3.63, 3.8) is 0 Å². The molecule has 0 atom stereocenters. The maximum atomic E-state index is 5.93. The summed E-state index contributed by atoms with van der Waals surface area (Å²) < 4.78 is 6.71. The number of nitrogen functional groups attached to an aromatic ring is 1. The van der Waals surface area contributed by atoms with E-state index >= 15 is 0 Å². The highest BCUT2D eigenvalue weighted by Crippen LogP contribution is 2.29. The number of hydrogen-bond donors (Lipinski definition) is 1. The Morgan fingerprint density at radius 1 is 1.21 bits per heavy atom. The largest absolute Gasteiger partial charge is 0.465 e. The van der Waals surface area contributed by atoms with Crippen molar-refractivity contribution < 1.29 is 4.74 Å². The van der Waals surface area contributed by atoms with Gasteiger partial charge in [0.25, 0.3) is 5.19 Å². The van der Waals surface area contributed by atoms with Crippen LogP contribution in [0, 0.1) is 0 Å². The zero-order valence-electron chi connectivity index (χ0n) is 9.97. The molecule has 2 N–H and O–H groups in total. The van der Waals surface area contributed by atoms with Gasteiger partial charge in [-0.2, -0.15) is 0 Å². The van der Waals surface area contributed by atoms with E-state index in [9.17, 15) is 0 Å². The monoisotopic (exact) mass is 290 g/mol. The first-order valence-corrected chi connectivity index (χ1v) is 6.93. The average Bonchev–Trinajstić information content (AvgIpc) is 2.78. The number of rotatable bonds is 3. The predicted octanol–water partition coefficient (Wildman–Crippen LogP) is 4.11. The zero-order chi connectivity index (χ0) is 13.2. The van der Waals surface area contributed by atoms with Crippen molar-refractivity contribution in [2.75, 3.05) is 5.73 Å². The number of nitrogens with zero attached hydrogens (tertiary/aromatic N) is 1. The molecule has 5 heteroatoms. The van der Waals surface area contributed by atoms with Gasteiger partial charge in [0.15, 0.2) is 0 Å². The van der Waals surface area contributed by atoms with Gasteiger partial charge in [-0.15, -0.1) is 0 Å². The maximum Gasteiger partial charge on any atom is 0.274 e. The number of fused-ring (bicyclic) bond motifs is 1. The van der Waals surface area contributed by atoms with Gasteiger partial charge >= 0.3 is 0 Å². The highest BCUT2D eigenvalue weighted by molar-refractivity contribution is 7.20. The molecule has 19 heavy (non-hydrogen) atoms. The van der Waals surface area contributed by atoms with Gasteiger partial charge in [0.2, 0.25) is 0 Å². The summed E-state index contributed by atoms with van der Waals surface area (Å²) in [6.07, 6.45) is 0. The molecule has 0 aliphatic heterocycles. The smallest absolute Gasteiger partial charge is 0.274 e. The Morgan fingerprint density at radius 3 is 2.95 bits per heavy atom. The topological polar surface area (TPSA) is 48.1 Å². The minimum absolute atomic E-state index is 0.454. The van der Waals surface area contributed by atoms with Crippen LogP contribution in [-0.4, -0.2) is 4.98 Å². The van der Waals surface area contributed by atoms with Crippen LogP contribution in [0.1, 0.15) is 5.56 Å². The van der Waals surface area contributed by atoms with Crippen LogP contribution < -0.4 is 10.5 Å². The van der Waals surface area contributed by atoms with E-state index in [1.807, 2.05) is 42.5 Å². The van der Waals surface area contributed by atoms with E-state index in [1.54, 1.807) is 0 Å². The number of anilines is 1. The molecule has 0 aliphatic carbocycles. The average molecular weight is 291 g/mol. The molecule has 0 saturated carbocycles. The standard InChI is InChI=1S/C14H11ClN2OS/c15-10-3-1-2-9(6-10)8-18-14-17-12-5-4-11(16)7-13(12)19-14/h1-7H,8,16H2. The van der Waals surface area contributed by atoms with Gasteiger partial charge in [-0.25, -0.2) is 4.98 Å². The van der Waals surface area contributed by atoms with E-state index < -0.39 is 0 Å². The summed E-state index contributed by atoms with van der Waals surface area (Å²) in [5, 5.41) is 1.35. The number of hydrogen-bond acceptors (Lipinski definition) is 4. The van der Waals surface area contributed by atoms with Crippen molar-refractivity contribution >= 4 is 38.8 Å². The first kappa shape index (κ1) is 12.3. The van der Waals surface area contributed by atoms with Gasteiger partial charge in [0.1, 0.15) is 6.61 Å². The third kappa shape index (κ3) is 2.80. The lowest BCUT2D eigenvalue weighted by molar-refractivity contribution is 0.305. The Labute approximate surface area is 119 Å². The van der Waals surface area contributed by atoms with Crippen molar-refractivity contribution in [3.05, 3.63) is 53.1 Å². The second-order valence-corrected chi connectivity index (χ2v) is 5.56. The van der Waals surface area contributed by atoms with Gasteiger partial charge < -0.3 is 10.5 Å². The van der Waals surface area contributed by atoms with Crippen LogP contribution in [-0.2, 0) is 6.61 Å². The molecule has 0 aliphatic rings.